The number of phenolic OH excluding ortho intramolecular Hbond substituents is 1. The molecular weight excluding hydrogens is 400 g/mol. The highest BCUT2D eigenvalue weighted by molar-refractivity contribution is 5.93. The van der Waals surface area contributed by atoms with E-state index >= 15 is 0 Å². The Bertz CT molecular complexity index is 1240. The molecule has 3 heterocycles. The summed E-state index contributed by atoms with van der Waals surface area (Å²) in [6.45, 7) is 7.28. The second kappa shape index (κ2) is 8.61. The van der Waals surface area contributed by atoms with Gasteiger partial charge in [-0.1, -0.05) is 24.3 Å². The lowest BCUT2D eigenvalue weighted by atomic mass is 10.1. The van der Waals surface area contributed by atoms with Crippen molar-refractivity contribution < 1.29 is 5.11 Å². The van der Waals surface area contributed by atoms with E-state index in [0.29, 0.717) is 5.82 Å². The Balaban J connectivity index is 1.40. The molecule has 0 radical (unpaired) electrons. The van der Waals surface area contributed by atoms with E-state index in [1.54, 1.807) is 12.4 Å². The van der Waals surface area contributed by atoms with E-state index in [1.165, 1.54) is 5.56 Å². The zero-order chi connectivity index (χ0) is 22.1. The second-order valence-corrected chi connectivity index (χ2v) is 8.57. The maximum Gasteiger partial charge on any atom is 0.143 e. The van der Waals surface area contributed by atoms with E-state index in [1.807, 2.05) is 19.1 Å². The highest BCUT2D eigenvalue weighted by atomic mass is 16.3. The Morgan fingerprint density at radius 3 is 2.69 bits per heavy atom. The number of piperazine rings is 1. The third kappa shape index (κ3) is 4.30. The zero-order valence-corrected chi connectivity index (χ0v) is 18.5. The monoisotopic (exact) mass is 428 g/mol. The molecule has 0 aliphatic carbocycles. The number of nitrogens with one attached hydrogen (secondary N) is 2. The molecule has 0 bridgehead atoms. The minimum absolute atomic E-state index is 0.257. The van der Waals surface area contributed by atoms with Crippen molar-refractivity contribution in [2.24, 2.45) is 0 Å². The number of benzene rings is 2. The van der Waals surface area contributed by atoms with Crippen LogP contribution in [0.1, 0.15) is 11.1 Å². The first-order valence-corrected chi connectivity index (χ1v) is 11.0. The minimum atomic E-state index is 0.257. The van der Waals surface area contributed by atoms with E-state index in [0.717, 1.165) is 66.3 Å². The Hall–Kier alpha value is -3.42. The first-order valence-electron chi connectivity index (χ1n) is 11.0. The molecule has 32 heavy (non-hydrogen) atoms. The van der Waals surface area contributed by atoms with Crippen molar-refractivity contribution in [2.45, 2.75) is 13.5 Å². The van der Waals surface area contributed by atoms with Gasteiger partial charge >= 0.3 is 0 Å². The van der Waals surface area contributed by atoms with Crippen LogP contribution in [0.15, 0.2) is 54.9 Å². The summed E-state index contributed by atoms with van der Waals surface area (Å²) in [5, 5.41) is 14.2. The molecule has 0 atom stereocenters. The number of rotatable bonds is 5. The molecule has 1 aliphatic rings. The quantitative estimate of drug-likeness (QED) is 0.444. The first kappa shape index (κ1) is 20.5. The first-order chi connectivity index (χ1) is 15.5. The van der Waals surface area contributed by atoms with E-state index in [-0.39, 0.29) is 5.75 Å². The number of fused-ring (bicyclic) bond motifs is 1. The van der Waals surface area contributed by atoms with Crippen LogP contribution >= 0.6 is 0 Å². The molecule has 1 fully saturated rings. The highest BCUT2D eigenvalue weighted by Gasteiger charge is 2.15. The van der Waals surface area contributed by atoms with Gasteiger partial charge in [-0.25, -0.2) is 9.97 Å². The van der Waals surface area contributed by atoms with Crippen molar-refractivity contribution in [3.05, 3.63) is 66.0 Å². The number of aryl methyl sites for hydroxylation is 1. The number of phenols is 1. The molecule has 3 N–H and O–H groups in total. The van der Waals surface area contributed by atoms with Crippen LogP contribution in [0.4, 0.5) is 11.5 Å². The molecule has 0 saturated carbocycles. The standard InChI is InChI=1S/C25H28N6O/c1-17-6-7-20(13-23(17)32)28-24-21-14-22(29-25(21)27-16-26-24)19-5-3-4-18(12-19)15-31-10-8-30(2)9-11-31/h3-7,12-14,16,32H,8-11,15H2,1-2H3,(H2,26,27,28,29). The lowest BCUT2D eigenvalue weighted by Gasteiger charge is -2.32. The Kier molecular flexibility index (Phi) is 5.51. The van der Waals surface area contributed by atoms with E-state index < -0.39 is 0 Å². The molecule has 7 nitrogen and oxygen atoms in total. The maximum absolute atomic E-state index is 10.0. The summed E-state index contributed by atoms with van der Waals surface area (Å²) >= 11 is 0. The van der Waals surface area contributed by atoms with E-state index in [4.69, 9.17) is 0 Å². The number of aromatic amines is 1. The summed E-state index contributed by atoms with van der Waals surface area (Å²) in [4.78, 5) is 17.2. The van der Waals surface area contributed by atoms with Crippen molar-refractivity contribution in [2.75, 3.05) is 38.5 Å². The maximum atomic E-state index is 10.0. The Labute approximate surface area is 187 Å². The van der Waals surface area contributed by atoms with Gasteiger partial charge in [0.1, 0.15) is 23.5 Å². The number of hydrogen-bond donors (Lipinski definition) is 3. The van der Waals surface area contributed by atoms with Gasteiger partial charge in [0.2, 0.25) is 0 Å². The summed E-state index contributed by atoms with van der Waals surface area (Å²) in [5.41, 5.74) is 5.85. The van der Waals surface area contributed by atoms with Crippen LogP contribution in [0, 0.1) is 6.92 Å². The molecule has 0 amide bonds. The molecule has 2 aromatic carbocycles. The molecule has 0 spiro atoms. The van der Waals surface area contributed by atoms with Gasteiger partial charge in [-0.3, -0.25) is 4.90 Å². The summed E-state index contributed by atoms with van der Waals surface area (Å²) < 4.78 is 0. The number of hydrogen-bond acceptors (Lipinski definition) is 6. The largest absolute Gasteiger partial charge is 0.508 e. The van der Waals surface area contributed by atoms with Crippen molar-refractivity contribution in [1.82, 2.24) is 24.8 Å². The molecular formula is C25H28N6O. The number of aromatic nitrogens is 3. The van der Waals surface area contributed by atoms with E-state index in [2.05, 4.69) is 67.4 Å². The summed E-state index contributed by atoms with van der Waals surface area (Å²) in [7, 11) is 2.18. The predicted molar refractivity (Wildman–Crippen MR) is 128 cm³/mol. The van der Waals surface area contributed by atoms with Gasteiger partial charge in [-0.05, 0) is 48.9 Å². The summed E-state index contributed by atoms with van der Waals surface area (Å²) in [6, 6.07) is 16.3. The summed E-state index contributed by atoms with van der Waals surface area (Å²) in [5.74, 6) is 0.960. The number of nitrogens with zero attached hydrogens (tertiary/aromatic N) is 4. The number of H-pyrrole nitrogens is 1. The lowest BCUT2D eigenvalue weighted by molar-refractivity contribution is 0.148. The van der Waals surface area contributed by atoms with Crippen LogP contribution in [0.25, 0.3) is 22.3 Å². The van der Waals surface area contributed by atoms with Crippen LogP contribution < -0.4 is 5.32 Å². The SMILES string of the molecule is Cc1ccc(Nc2ncnc3[nH]c(-c4cccc(CN5CCN(C)CC5)c4)cc23)cc1O. The van der Waals surface area contributed by atoms with Crippen molar-refractivity contribution in [3.8, 4) is 17.0 Å². The van der Waals surface area contributed by atoms with Crippen LogP contribution in [0.5, 0.6) is 5.75 Å². The van der Waals surface area contributed by atoms with Gasteiger partial charge in [-0.2, -0.15) is 0 Å². The Morgan fingerprint density at radius 2 is 1.88 bits per heavy atom. The number of aromatic hydroxyl groups is 1. The normalized spacial score (nSPS) is 15.3. The van der Waals surface area contributed by atoms with Crippen LogP contribution in [-0.2, 0) is 6.54 Å². The molecule has 0 unspecified atom stereocenters. The average Bonchev–Trinajstić information content (AvgIpc) is 3.24. The lowest BCUT2D eigenvalue weighted by Crippen LogP contribution is -2.43. The summed E-state index contributed by atoms with van der Waals surface area (Å²) in [6.07, 6.45) is 1.54. The average molecular weight is 429 g/mol. The fraction of sp³-hybridized carbons (Fsp3) is 0.280. The second-order valence-electron chi connectivity index (χ2n) is 8.57. The molecule has 7 heteroatoms. The third-order valence-corrected chi connectivity index (χ3v) is 6.14. The van der Waals surface area contributed by atoms with Crippen LogP contribution in [0.2, 0.25) is 0 Å². The van der Waals surface area contributed by atoms with Gasteiger partial charge < -0.3 is 20.3 Å². The minimum Gasteiger partial charge on any atom is -0.508 e. The van der Waals surface area contributed by atoms with Gasteiger partial charge in [0.25, 0.3) is 0 Å². The topological polar surface area (TPSA) is 80.3 Å². The Morgan fingerprint density at radius 1 is 1.03 bits per heavy atom. The van der Waals surface area contributed by atoms with E-state index in [9.17, 15) is 5.11 Å². The zero-order valence-electron chi connectivity index (χ0n) is 18.5. The smallest absolute Gasteiger partial charge is 0.143 e. The predicted octanol–water partition coefficient (Wildman–Crippen LogP) is 4.13. The fourth-order valence-corrected chi connectivity index (χ4v) is 4.12. The molecule has 2 aromatic heterocycles. The fourth-order valence-electron chi connectivity index (χ4n) is 4.12. The van der Waals surface area contributed by atoms with Gasteiger partial charge in [0, 0.05) is 50.2 Å². The van der Waals surface area contributed by atoms with Gasteiger partial charge in [-0.15, -0.1) is 0 Å². The highest BCUT2D eigenvalue weighted by Crippen LogP contribution is 2.30. The van der Waals surface area contributed by atoms with Crippen molar-refractivity contribution in [1.29, 1.82) is 0 Å². The van der Waals surface area contributed by atoms with Crippen molar-refractivity contribution in [3.63, 3.8) is 0 Å². The molecule has 5 rings (SSSR count). The van der Waals surface area contributed by atoms with Gasteiger partial charge in [0.15, 0.2) is 0 Å². The molecule has 1 aliphatic heterocycles. The van der Waals surface area contributed by atoms with Gasteiger partial charge in [0.05, 0.1) is 5.39 Å². The molecule has 164 valence electrons. The van der Waals surface area contributed by atoms with Crippen LogP contribution in [-0.4, -0.2) is 63.1 Å². The number of anilines is 2. The van der Waals surface area contributed by atoms with Crippen LogP contribution in [0.3, 0.4) is 0 Å². The molecule has 1 saturated heterocycles. The third-order valence-electron chi connectivity index (χ3n) is 6.14. The number of likely N-dealkylation sites (N-methyl/N-ethyl adjacent to an activating group) is 1. The van der Waals surface area contributed by atoms with Crippen molar-refractivity contribution >= 4 is 22.5 Å². The molecule has 4 aromatic rings.